The molecule has 0 saturated carbocycles. The minimum Gasteiger partial charge on any atom is -0.545 e. The minimum absolute atomic E-state index is 0. The van der Waals surface area contributed by atoms with E-state index >= 15 is 0 Å². The molecule has 41 heavy (non-hydrogen) atoms. The Hall–Kier alpha value is -4.13. The van der Waals surface area contributed by atoms with Crippen molar-refractivity contribution >= 4 is 34.5 Å². The molecule has 1 atom stereocenters. The summed E-state index contributed by atoms with van der Waals surface area (Å²) >= 11 is 0. The maximum atomic E-state index is 13.5. The van der Waals surface area contributed by atoms with Gasteiger partial charge in [-0.3, -0.25) is 9.69 Å². The number of carboxylic acid groups (broad SMARTS) is 1. The van der Waals surface area contributed by atoms with Gasteiger partial charge in [0.2, 0.25) is 0 Å². The van der Waals surface area contributed by atoms with Gasteiger partial charge >= 0.3 is 47.8 Å². The van der Waals surface area contributed by atoms with Crippen molar-refractivity contribution in [1.29, 1.82) is 0 Å². The van der Waals surface area contributed by atoms with Gasteiger partial charge in [0.25, 0.3) is 5.56 Å². The van der Waals surface area contributed by atoms with E-state index in [1.807, 2.05) is 0 Å². The number of cyclic esters (lactones) is 1. The average Bonchev–Trinajstić information content (AvgIpc) is 3.31. The number of hydrogen-bond acceptors (Lipinski definition) is 7. The summed E-state index contributed by atoms with van der Waals surface area (Å²) < 4.78 is 50.8. The van der Waals surface area contributed by atoms with Gasteiger partial charge in [0, 0.05) is 27.9 Å². The number of esters is 1. The number of nitrogens with one attached hydrogen (secondary N) is 1. The number of carboxylic acids is 1. The Morgan fingerprint density at radius 2 is 1.68 bits per heavy atom. The van der Waals surface area contributed by atoms with Crippen LogP contribution in [0.4, 0.5) is 23.7 Å². The van der Waals surface area contributed by atoms with Crippen molar-refractivity contribution in [2.24, 2.45) is 0 Å². The van der Waals surface area contributed by atoms with Gasteiger partial charge in [-0.15, -0.1) is 0 Å². The summed E-state index contributed by atoms with van der Waals surface area (Å²) in [5.74, 6) is -2.48. The Bertz CT molecular complexity index is 1720. The molecule has 0 aliphatic carbocycles. The summed E-state index contributed by atoms with van der Waals surface area (Å²) in [5.41, 5.74) is -2.02. The van der Waals surface area contributed by atoms with E-state index in [0.717, 1.165) is 6.07 Å². The summed E-state index contributed by atoms with van der Waals surface area (Å²) in [4.78, 5) is 52.7. The SMILES string of the molecule is O=C([O-])c1ccccc1C(=O)OCC1CN(c2ccc3cc(-c4ccccc4C(F)(F)F)[nH]c(=O)c3c2)C(=O)O1.[Na+]. The second kappa shape index (κ2) is 11.8. The molecule has 1 aliphatic rings. The van der Waals surface area contributed by atoms with Gasteiger partial charge in [-0.2, -0.15) is 13.2 Å². The van der Waals surface area contributed by atoms with E-state index in [1.165, 1.54) is 71.6 Å². The quantitative estimate of drug-likeness (QED) is 0.266. The topological polar surface area (TPSA) is 129 Å². The van der Waals surface area contributed by atoms with Gasteiger partial charge in [0.15, 0.2) is 6.10 Å². The van der Waals surface area contributed by atoms with Crippen LogP contribution in [0.3, 0.4) is 0 Å². The molecule has 1 aromatic heterocycles. The van der Waals surface area contributed by atoms with E-state index in [2.05, 4.69) is 4.98 Å². The number of nitrogens with zero attached hydrogens (tertiary/aromatic N) is 1. The van der Waals surface area contributed by atoms with Crippen molar-refractivity contribution in [2.45, 2.75) is 12.3 Å². The molecule has 13 heteroatoms. The molecule has 9 nitrogen and oxygen atoms in total. The van der Waals surface area contributed by atoms with E-state index in [1.54, 1.807) is 0 Å². The fourth-order valence-corrected chi connectivity index (χ4v) is 4.43. The second-order valence-electron chi connectivity index (χ2n) is 8.87. The predicted molar refractivity (Wildman–Crippen MR) is 134 cm³/mol. The number of amides is 1. The van der Waals surface area contributed by atoms with Gasteiger partial charge in [0.05, 0.1) is 23.6 Å². The number of benzene rings is 3. The van der Waals surface area contributed by atoms with E-state index in [9.17, 15) is 37.5 Å². The molecule has 3 aromatic carbocycles. The predicted octanol–water partition coefficient (Wildman–Crippen LogP) is 0.764. The number of H-pyrrole nitrogens is 1. The number of halogens is 3. The van der Waals surface area contributed by atoms with Crippen LogP contribution in [0.5, 0.6) is 0 Å². The standard InChI is InChI=1S/C28H19F3N2O7.Na/c29-28(30,31)22-8-4-3-7-20(22)23-11-15-9-10-16(12-21(15)24(34)32-23)33-13-17(40-27(33)38)14-39-26(37)19-6-2-1-5-18(19)25(35)36;/h1-12,17H,13-14H2,(H,32,34)(H,35,36);/q;+1/p-1. The van der Waals surface area contributed by atoms with Crippen molar-refractivity contribution < 1.29 is 71.7 Å². The third-order valence-corrected chi connectivity index (χ3v) is 6.31. The van der Waals surface area contributed by atoms with Gasteiger partial charge in [-0.05, 0) is 35.7 Å². The van der Waals surface area contributed by atoms with Crippen LogP contribution in [0, 0.1) is 0 Å². The molecule has 4 aromatic rings. The van der Waals surface area contributed by atoms with Crippen LogP contribution in [0.25, 0.3) is 22.0 Å². The number of aromatic nitrogens is 1. The van der Waals surface area contributed by atoms with Gasteiger partial charge in [-0.25, -0.2) is 9.59 Å². The number of pyridine rings is 1. The molecule has 0 bridgehead atoms. The van der Waals surface area contributed by atoms with Gasteiger partial charge < -0.3 is 24.4 Å². The molecule has 5 rings (SSSR count). The van der Waals surface area contributed by atoms with Crippen LogP contribution in [-0.2, 0) is 15.7 Å². The molecular formula is C28H18F3N2NaO7. The number of rotatable bonds is 6. The molecule has 0 spiro atoms. The number of carbonyl (C=O) groups is 3. The Kier molecular flexibility index (Phi) is 8.57. The second-order valence-corrected chi connectivity index (χ2v) is 8.87. The number of alkyl halides is 3. The average molecular weight is 574 g/mol. The Balaban J connectivity index is 0.00000387. The van der Waals surface area contributed by atoms with Crippen LogP contribution in [0.1, 0.15) is 26.3 Å². The number of ether oxygens (including phenoxy) is 2. The zero-order chi connectivity index (χ0) is 28.6. The first-order valence-electron chi connectivity index (χ1n) is 11.8. The number of aromatic carboxylic acids is 1. The Labute approximate surface area is 251 Å². The van der Waals surface area contributed by atoms with E-state index in [4.69, 9.17) is 9.47 Å². The van der Waals surface area contributed by atoms with Crippen molar-refractivity contribution in [1.82, 2.24) is 4.98 Å². The summed E-state index contributed by atoms with van der Waals surface area (Å²) in [6, 6.07) is 16.1. The summed E-state index contributed by atoms with van der Waals surface area (Å²) in [5, 5.41) is 11.7. The molecule has 1 amide bonds. The third-order valence-electron chi connectivity index (χ3n) is 6.31. The molecule has 1 aliphatic heterocycles. The van der Waals surface area contributed by atoms with Crippen LogP contribution in [-0.4, -0.2) is 42.3 Å². The number of hydrogen-bond donors (Lipinski definition) is 1. The summed E-state index contributed by atoms with van der Waals surface area (Å²) in [6.07, 6.45) is -6.28. The van der Waals surface area contributed by atoms with Crippen molar-refractivity contribution in [2.75, 3.05) is 18.1 Å². The third kappa shape index (κ3) is 6.14. The largest absolute Gasteiger partial charge is 1.00 e. The molecule has 2 heterocycles. The van der Waals surface area contributed by atoms with E-state index in [0.29, 0.717) is 5.39 Å². The van der Waals surface area contributed by atoms with E-state index in [-0.39, 0.29) is 76.2 Å². The molecule has 1 saturated heterocycles. The van der Waals surface area contributed by atoms with Crippen molar-refractivity contribution in [3.63, 3.8) is 0 Å². The first-order valence-corrected chi connectivity index (χ1v) is 11.8. The minimum atomic E-state index is -4.62. The van der Waals surface area contributed by atoms with Gasteiger partial charge in [0.1, 0.15) is 6.61 Å². The van der Waals surface area contributed by atoms with E-state index < -0.39 is 41.4 Å². The zero-order valence-corrected chi connectivity index (χ0v) is 23.4. The van der Waals surface area contributed by atoms with Crippen LogP contribution in [0.2, 0.25) is 0 Å². The zero-order valence-electron chi connectivity index (χ0n) is 21.4. The molecule has 1 fully saturated rings. The Morgan fingerprint density at radius 3 is 2.39 bits per heavy atom. The molecule has 1 unspecified atom stereocenters. The van der Waals surface area contributed by atoms with Crippen molar-refractivity contribution in [3.8, 4) is 11.3 Å². The number of fused-ring (bicyclic) bond motifs is 1. The maximum absolute atomic E-state index is 13.5. The van der Waals surface area contributed by atoms with Crippen LogP contribution >= 0.6 is 0 Å². The fourth-order valence-electron chi connectivity index (χ4n) is 4.43. The van der Waals surface area contributed by atoms with Gasteiger partial charge in [-0.1, -0.05) is 42.5 Å². The summed E-state index contributed by atoms with van der Waals surface area (Å²) in [6.45, 7) is -0.409. The molecular weight excluding hydrogens is 556 g/mol. The fraction of sp³-hybridized carbons (Fsp3) is 0.143. The molecule has 204 valence electrons. The number of anilines is 1. The monoisotopic (exact) mass is 574 g/mol. The molecule has 0 radical (unpaired) electrons. The molecule has 1 N–H and O–H groups in total. The maximum Gasteiger partial charge on any atom is 1.00 e. The number of aromatic amines is 1. The first-order chi connectivity index (χ1) is 19.0. The Morgan fingerprint density at radius 1 is 1.00 bits per heavy atom. The number of carbonyl (C=O) groups excluding carboxylic acids is 3. The normalized spacial score (nSPS) is 14.9. The van der Waals surface area contributed by atoms with Crippen molar-refractivity contribution in [3.05, 3.63) is 99.8 Å². The summed E-state index contributed by atoms with van der Waals surface area (Å²) in [7, 11) is 0. The van der Waals surface area contributed by atoms with Crippen LogP contribution in [0.15, 0.2) is 77.6 Å². The first kappa shape index (κ1) is 29.8. The van der Waals surface area contributed by atoms with Crippen LogP contribution < -0.4 is 45.1 Å². The smallest absolute Gasteiger partial charge is 0.545 e.